The first kappa shape index (κ1) is 13.1. The van der Waals surface area contributed by atoms with Crippen molar-refractivity contribution < 1.29 is 4.74 Å². The van der Waals surface area contributed by atoms with E-state index in [0.717, 1.165) is 23.9 Å². The average Bonchev–Trinajstić information content (AvgIpc) is 2.93. The van der Waals surface area contributed by atoms with Gasteiger partial charge in [0.2, 0.25) is 0 Å². The molecule has 2 unspecified atom stereocenters. The van der Waals surface area contributed by atoms with E-state index >= 15 is 0 Å². The molecule has 96 valence electrons. The van der Waals surface area contributed by atoms with Gasteiger partial charge in [-0.3, -0.25) is 4.68 Å². The first-order chi connectivity index (χ1) is 8.22. The van der Waals surface area contributed by atoms with Crippen LogP contribution in [0.1, 0.15) is 37.4 Å². The van der Waals surface area contributed by atoms with E-state index in [1.165, 1.54) is 18.5 Å². The molecule has 1 aromatic rings. The molecule has 17 heavy (non-hydrogen) atoms. The molecule has 2 heterocycles. The lowest BCUT2D eigenvalue weighted by Gasteiger charge is -2.19. The van der Waals surface area contributed by atoms with Crippen molar-refractivity contribution in [2.24, 2.45) is 7.05 Å². The quantitative estimate of drug-likeness (QED) is 0.908. The molecule has 1 saturated heterocycles. The van der Waals surface area contributed by atoms with Crippen LogP contribution in [0.25, 0.3) is 0 Å². The predicted molar refractivity (Wildman–Crippen MR) is 70.9 cm³/mol. The molecule has 0 aliphatic carbocycles. The third kappa shape index (κ3) is 3.09. The van der Waals surface area contributed by atoms with E-state index in [-0.39, 0.29) is 0 Å². The number of halogens is 1. The van der Waals surface area contributed by atoms with Gasteiger partial charge in [0.25, 0.3) is 0 Å². The van der Waals surface area contributed by atoms with Gasteiger partial charge in [-0.1, -0.05) is 0 Å². The first-order valence-electron chi connectivity index (χ1n) is 6.18. The number of rotatable bonds is 5. The fourth-order valence-corrected chi connectivity index (χ4v) is 3.08. The summed E-state index contributed by atoms with van der Waals surface area (Å²) in [4.78, 5) is 0. The van der Waals surface area contributed by atoms with Gasteiger partial charge in [0, 0.05) is 13.7 Å². The molecule has 1 aliphatic heterocycles. The van der Waals surface area contributed by atoms with Crippen molar-refractivity contribution in [1.29, 1.82) is 0 Å². The molecule has 2 atom stereocenters. The molecule has 5 heteroatoms. The van der Waals surface area contributed by atoms with Crippen LogP contribution < -0.4 is 5.32 Å². The molecular weight excluding hydrogens is 282 g/mol. The minimum absolute atomic E-state index is 0.334. The maximum atomic E-state index is 5.66. The van der Waals surface area contributed by atoms with Crippen molar-refractivity contribution in [2.45, 2.75) is 37.8 Å². The molecule has 2 rings (SSSR count). The Kier molecular flexibility index (Phi) is 4.59. The van der Waals surface area contributed by atoms with Gasteiger partial charge < -0.3 is 10.1 Å². The maximum Gasteiger partial charge on any atom is 0.0692 e. The van der Waals surface area contributed by atoms with Crippen molar-refractivity contribution in [3.05, 3.63) is 16.4 Å². The Morgan fingerprint density at radius 1 is 1.71 bits per heavy atom. The minimum atomic E-state index is 0.334. The van der Waals surface area contributed by atoms with Crippen molar-refractivity contribution in [3.63, 3.8) is 0 Å². The largest absolute Gasteiger partial charge is 0.378 e. The number of nitrogens with one attached hydrogen (secondary N) is 1. The van der Waals surface area contributed by atoms with E-state index in [1.807, 2.05) is 25.0 Å². The SMILES string of the molecule is CNC(CCC1CCCO1)c1c(Br)cnn1C. The molecule has 0 saturated carbocycles. The third-order valence-electron chi connectivity index (χ3n) is 3.42. The van der Waals surface area contributed by atoms with E-state index in [0.29, 0.717) is 12.1 Å². The normalized spacial score (nSPS) is 21.9. The number of aromatic nitrogens is 2. The second-order valence-electron chi connectivity index (χ2n) is 4.55. The Morgan fingerprint density at radius 2 is 2.53 bits per heavy atom. The summed E-state index contributed by atoms with van der Waals surface area (Å²) in [6, 6.07) is 0.334. The number of nitrogens with zero attached hydrogens (tertiary/aromatic N) is 2. The van der Waals surface area contributed by atoms with Gasteiger partial charge in [-0.05, 0) is 48.7 Å². The van der Waals surface area contributed by atoms with E-state index in [1.54, 1.807) is 0 Å². The van der Waals surface area contributed by atoms with Crippen LogP contribution in [0.4, 0.5) is 0 Å². The Morgan fingerprint density at radius 3 is 3.06 bits per heavy atom. The summed E-state index contributed by atoms with van der Waals surface area (Å²) in [7, 11) is 3.98. The Balaban J connectivity index is 1.96. The topological polar surface area (TPSA) is 39.1 Å². The highest BCUT2D eigenvalue weighted by molar-refractivity contribution is 9.10. The summed E-state index contributed by atoms with van der Waals surface area (Å²) < 4.78 is 8.67. The Hall–Kier alpha value is -0.390. The number of hydrogen-bond donors (Lipinski definition) is 1. The summed E-state index contributed by atoms with van der Waals surface area (Å²) in [6.45, 7) is 0.935. The fraction of sp³-hybridized carbons (Fsp3) is 0.750. The molecule has 0 spiro atoms. The van der Waals surface area contributed by atoms with Gasteiger partial charge >= 0.3 is 0 Å². The minimum Gasteiger partial charge on any atom is -0.378 e. The van der Waals surface area contributed by atoms with Crippen molar-refractivity contribution >= 4 is 15.9 Å². The molecule has 1 aromatic heterocycles. The monoisotopic (exact) mass is 301 g/mol. The van der Waals surface area contributed by atoms with Crippen molar-refractivity contribution in [1.82, 2.24) is 15.1 Å². The predicted octanol–water partition coefficient (Wildman–Crippen LogP) is 2.40. The zero-order valence-corrected chi connectivity index (χ0v) is 12.0. The average molecular weight is 302 g/mol. The Bertz CT molecular complexity index is 341. The molecule has 0 bridgehead atoms. The first-order valence-corrected chi connectivity index (χ1v) is 6.98. The van der Waals surface area contributed by atoms with E-state index < -0.39 is 0 Å². The third-order valence-corrected chi connectivity index (χ3v) is 4.03. The van der Waals surface area contributed by atoms with Crippen molar-refractivity contribution in [2.75, 3.05) is 13.7 Å². The van der Waals surface area contributed by atoms with Crippen LogP contribution in [0, 0.1) is 0 Å². The van der Waals surface area contributed by atoms with Gasteiger partial charge in [0.05, 0.1) is 28.5 Å². The smallest absolute Gasteiger partial charge is 0.0692 e. The highest BCUT2D eigenvalue weighted by Crippen LogP contribution is 2.28. The number of ether oxygens (including phenoxy) is 1. The van der Waals surface area contributed by atoms with Gasteiger partial charge in [0.15, 0.2) is 0 Å². The van der Waals surface area contributed by atoms with Crippen LogP contribution in [0.3, 0.4) is 0 Å². The fourth-order valence-electron chi connectivity index (χ4n) is 2.45. The van der Waals surface area contributed by atoms with Crippen LogP contribution in [0.5, 0.6) is 0 Å². The number of hydrogen-bond acceptors (Lipinski definition) is 3. The molecule has 0 radical (unpaired) electrons. The lowest BCUT2D eigenvalue weighted by atomic mass is 10.0. The van der Waals surface area contributed by atoms with Crippen LogP contribution >= 0.6 is 15.9 Å². The van der Waals surface area contributed by atoms with Crippen LogP contribution in [-0.4, -0.2) is 29.5 Å². The summed E-state index contributed by atoms with van der Waals surface area (Å²) in [5.41, 5.74) is 1.21. The van der Waals surface area contributed by atoms with Crippen molar-refractivity contribution in [3.8, 4) is 0 Å². The van der Waals surface area contributed by atoms with Crippen LogP contribution in [0.2, 0.25) is 0 Å². The highest BCUT2D eigenvalue weighted by Gasteiger charge is 2.21. The molecular formula is C12H20BrN3O. The molecule has 4 nitrogen and oxygen atoms in total. The molecule has 0 aromatic carbocycles. The standard InChI is InChI=1S/C12H20BrN3O/c1-14-11(6-5-9-4-3-7-17-9)12-10(13)8-15-16(12)2/h8-9,11,14H,3-7H2,1-2H3. The maximum absolute atomic E-state index is 5.66. The Labute approximate surface area is 111 Å². The highest BCUT2D eigenvalue weighted by atomic mass is 79.9. The lowest BCUT2D eigenvalue weighted by Crippen LogP contribution is -2.21. The van der Waals surface area contributed by atoms with E-state index in [2.05, 4.69) is 26.3 Å². The van der Waals surface area contributed by atoms with Crippen LogP contribution in [-0.2, 0) is 11.8 Å². The van der Waals surface area contributed by atoms with Gasteiger partial charge in [-0.25, -0.2) is 0 Å². The summed E-state index contributed by atoms with van der Waals surface area (Å²) >= 11 is 3.56. The van der Waals surface area contributed by atoms with E-state index in [9.17, 15) is 0 Å². The summed E-state index contributed by atoms with van der Waals surface area (Å²) in [6.07, 6.45) is 6.93. The molecule has 1 aliphatic rings. The summed E-state index contributed by atoms with van der Waals surface area (Å²) in [5, 5.41) is 7.63. The second-order valence-corrected chi connectivity index (χ2v) is 5.41. The molecule has 1 fully saturated rings. The second kappa shape index (κ2) is 5.98. The summed E-state index contributed by atoms with van der Waals surface area (Å²) in [5.74, 6) is 0. The zero-order valence-electron chi connectivity index (χ0n) is 10.4. The molecule has 1 N–H and O–H groups in total. The van der Waals surface area contributed by atoms with Crippen LogP contribution in [0.15, 0.2) is 10.7 Å². The van der Waals surface area contributed by atoms with Gasteiger partial charge in [0.1, 0.15) is 0 Å². The molecule has 0 amide bonds. The van der Waals surface area contributed by atoms with E-state index in [4.69, 9.17) is 4.74 Å². The van der Waals surface area contributed by atoms with Gasteiger partial charge in [-0.2, -0.15) is 5.10 Å². The lowest BCUT2D eigenvalue weighted by molar-refractivity contribution is 0.0996. The number of aryl methyl sites for hydroxylation is 1. The zero-order chi connectivity index (χ0) is 12.3. The van der Waals surface area contributed by atoms with Gasteiger partial charge in [-0.15, -0.1) is 0 Å².